The smallest absolute Gasteiger partial charge is 0.283 e. The lowest BCUT2D eigenvalue weighted by Crippen LogP contribution is -2.17. The summed E-state index contributed by atoms with van der Waals surface area (Å²) in [5.74, 6) is -0.134. The van der Waals surface area contributed by atoms with Crippen molar-refractivity contribution in [3.63, 3.8) is 0 Å². The first-order chi connectivity index (χ1) is 15.2. The molecule has 0 heterocycles. The third-order valence-electron chi connectivity index (χ3n) is 5.48. The van der Waals surface area contributed by atoms with Gasteiger partial charge in [-0.3, -0.25) is 4.79 Å². The Kier molecular flexibility index (Phi) is 5.93. The van der Waals surface area contributed by atoms with Gasteiger partial charge in [-0.15, -0.1) is 0 Å². The van der Waals surface area contributed by atoms with Crippen LogP contribution in [-0.4, -0.2) is 19.9 Å². The van der Waals surface area contributed by atoms with Gasteiger partial charge in [-0.05, 0) is 68.7 Å². The number of fused-ring (bicyclic) bond motifs is 1. The molecule has 6 heteroatoms. The molecule has 162 valence electrons. The van der Waals surface area contributed by atoms with E-state index in [1.807, 2.05) is 51.1 Å². The van der Waals surface area contributed by atoms with Gasteiger partial charge in [-0.1, -0.05) is 59.8 Å². The molecule has 0 atom stereocenters. The van der Waals surface area contributed by atoms with Crippen molar-refractivity contribution < 1.29 is 13.2 Å². The fourth-order valence-electron chi connectivity index (χ4n) is 3.58. The summed E-state index contributed by atoms with van der Waals surface area (Å²) >= 11 is 1.31. The van der Waals surface area contributed by atoms with E-state index in [0.29, 0.717) is 21.6 Å². The number of aryl methyl sites for hydroxylation is 4. The zero-order valence-corrected chi connectivity index (χ0v) is 20.0. The summed E-state index contributed by atoms with van der Waals surface area (Å²) in [6.45, 7) is 7.60. The summed E-state index contributed by atoms with van der Waals surface area (Å²) in [6.07, 6.45) is 1.59. The van der Waals surface area contributed by atoms with Crippen molar-refractivity contribution in [3.05, 3.63) is 105 Å². The first kappa shape index (κ1) is 22.2. The number of ketones is 1. The molecule has 0 fully saturated rings. The number of Topliss-reactive ketones (excluding diaryl/α,β-unsaturated/α-hetero) is 1. The number of allylic oxidation sites excluding steroid dienone is 2. The van der Waals surface area contributed by atoms with Crippen LogP contribution in [0.4, 0.5) is 0 Å². The van der Waals surface area contributed by atoms with E-state index < -0.39 is 10.0 Å². The molecular formula is C26H23NO3S2. The van der Waals surface area contributed by atoms with E-state index in [0.717, 1.165) is 21.6 Å². The van der Waals surface area contributed by atoms with E-state index in [9.17, 15) is 13.2 Å². The van der Waals surface area contributed by atoms with Crippen molar-refractivity contribution in [2.24, 2.45) is 4.40 Å². The maximum absolute atomic E-state index is 13.3. The number of rotatable bonds is 4. The number of hydrogen-bond acceptors (Lipinski definition) is 4. The molecule has 0 unspecified atom stereocenters. The maximum atomic E-state index is 13.3. The molecule has 0 radical (unpaired) electrons. The van der Waals surface area contributed by atoms with Gasteiger partial charge in [0.05, 0.1) is 15.5 Å². The van der Waals surface area contributed by atoms with Crippen LogP contribution < -0.4 is 0 Å². The number of sulfonamides is 1. The fraction of sp³-hybridized carbons (Fsp3) is 0.154. The highest BCUT2D eigenvalue weighted by Crippen LogP contribution is 2.34. The van der Waals surface area contributed by atoms with Gasteiger partial charge in [-0.25, -0.2) is 0 Å². The Labute approximate surface area is 193 Å². The van der Waals surface area contributed by atoms with Crippen molar-refractivity contribution in [2.45, 2.75) is 37.5 Å². The predicted molar refractivity (Wildman–Crippen MR) is 130 cm³/mol. The van der Waals surface area contributed by atoms with E-state index in [-0.39, 0.29) is 16.4 Å². The minimum Gasteiger partial charge on any atom is -0.288 e. The molecule has 4 nitrogen and oxygen atoms in total. The van der Waals surface area contributed by atoms with E-state index in [1.165, 1.54) is 11.8 Å². The lowest BCUT2D eigenvalue weighted by atomic mass is 9.94. The van der Waals surface area contributed by atoms with Gasteiger partial charge in [0.25, 0.3) is 10.0 Å². The molecule has 1 aliphatic carbocycles. The average Bonchev–Trinajstić information content (AvgIpc) is 2.75. The lowest BCUT2D eigenvalue weighted by molar-refractivity contribution is 0.104. The first-order valence-corrected chi connectivity index (χ1v) is 12.4. The predicted octanol–water partition coefficient (Wildman–Crippen LogP) is 5.97. The second kappa shape index (κ2) is 8.52. The molecule has 3 aromatic carbocycles. The largest absolute Gasteiger partial charge is 0.288 e. The molecule has 0 bridgehead atoms. The van der Waals surface area contributed by atoms with Crippen LogP contribution >= 0.6 is 11.8 Å². The number of carbonyl (C=O) groups is 1. The summed E-state index contributed by atoms with van der Waals surface area (Å²) in [7, 11) is -3.97. The molecule has 4 rings (SSSR count). The second-order valence-electron chi connectivity index (χ2n) is 7.95. The molecule has 0 N–H and O–H groups in total. The van der Waals surface area contributed by atoms with Gasteiger partial charge in [0, 0.05) is 16.0 Å². The van der Waals surface area contributed by atoms with Crippen molar-refractivity contribution in [3.8, 4) is 0 Å². The molecule has 0 saturated heterocycles. The number of carbonyl (C=O) groups excluding carboxylic acids is 1. The topological polar surface area (TPSA) is 63.6 Å². The highest BCUT2D eigenvalue weighted by molar-refractivity contribution is 8.04. The molecule has 0 amide bonds. The van der Waals surface area contributed by atoms with Crippen LogP contribution in [-0.2, 0) is 10.0 Å². The normalized spacial score (nSPS) is 14.9. The summed E-state index contributed by atoms with van der Waals surface area (Å²) in [5, 5.41) is 0. The van der Waals surface area contributed by atoms with Gasteiger partial charge in [-0.2, -0.15) is 12.8 Å². The standard InChI is InChI=1S/C26H23NO3S2/c1-16-9-11-20(12-10-16)31-24-15-23(21-7-5-6-8-22(21)26(24)28)27-32(29,30)25-14-18(3)17(2)13-19(25)4/h5-15H,1-4H3/b27-23+. The van der Waals surface area contributed by atoms with Crippen molar-refractivity contribution in [1.82, 2.24) is 0 Å². The van der Waals surface area contributed by atoms with Crippen LogP contribution in [0, 0.1) is 27.7 Å². The Balaban J connectivity index is 1.84. The van der Waals surface area contributed by atoms with Gasteiger partial charge in [0.1, 0.15) is 0 Å². The van der Waals surface area contributed by atoms with Crippen LogP contribution in [0.3, 0.4) is 0 Å². The third kappa shape index (κ3) is 4.33. The van der Waals surface area contributed by atoms with Gasteiger partial charge in [0.2, 0.25) is 0 Å². The molecule has 3 aromatic rings. The minimum absolute atomic E-state index is 0.134. The van der Waals surface area contributed by atoms with Crippen molar-refractivity contribution >= 4 is 33.3 Å². The maximum Gasteiger partial charge on any atom is 0.283 e. The zero-order chi connectivity index (χ0) is 23.0. The summed E-state index contributed by atoms with van der Waals surface area (Å²) in [4.78, 5) is 14.6. The van der Waals surface area contributed by atoms with Gasteiger partial charge < -0.3 is 0 Å². The molecule has 32 heavy (non-hydrogen) atoms. The third-order valence-corrected chi connectivity index (χ3v) is 7.94. The van der Waals surface area contributed by atoms with Crippen LogP contribution in [0.15, 0.2) is 85.8 Å². The minimum atomic E-state index is -3.97. The Hall–Kier alpha value is -2.96. The Morgan fingerprint density at radius 1 is 0.781 bits per heavy atom. The van der Waals surface area contributed by atoms with Crippen molar-refractivity contribution in [1.29, 1.82) is 0 Å². The number of benzene rings is 3. The molecule has 0 aromatic heterocycles. The van der Waals surface area contributed by atoms with Crippen molar-refractivity contribution in [2.75, 3.05) is 0 Å². The van der Waals surface area contributed by atoms with Crippen LogP contribution in [0.1, 0.15) is 38.2 Å². The number of hydrogen-bond donors (Lipinski definition) is 0. The summed E-state index contributed by atoms with van der Waals surface area (Å²) < 4.78 is 30.7. The molecule has 1 aliphatic rings. The lowest BCUT2D eigenvalue weighted by Gasteiger charge is -2.17. The second-order valence-corrected chi connectivity index (χ2v) is 10.6. The molecular weight excluding hydrogens is 438 g/mol. The Morgan fingerprint density at radius 2 is 1.41 bits per heavy atom. The molecule has 0 spiro atoms. The highest BCUT2D eigenvalue weighted by Gasteiger charge is 2.27. The van der Waals surface area contributed by atoms with E-state index in [4.69, 9.17) is 0 Å². The first-order valence-electron chi connectivity index (χ1n) is 10.2. The van der Waals surface area contributed by atoms with Gasteiger partial charge >= 0.3 is 0 Å². The zero-order valence-electron chi connectivity index (χ0n) is 18.3. The van der Waals surface area contributed by atoms with Crippen LogP contribution in [0.2, 0.25) is 0 Å². The molecule has 0 aliphatic heterocycles. The Morgan fingerprint density at radius 3 is 2.09 bits per heavy atom. The van der Waals surface area contributed by atoms with E-state index >= 15 is 0 Å². The average molecular weight is 462 g/mol. The van der Waals surface area contributed by atoms with E-state index in [2.05, 4.69) is 4.40 Å². The van der Waals surface area contributed by atoms with Crippen LogP contribution in [0.5, 0.6) is 0 Å². The SMILES string of the molecule is Cc1ccc(SC2=C/C(=N\S(=O)(=O)c3cc(C)c(C)cc3C)c3ccccc3C2=O)cc1. The Bertz CT molecular complexity index is 1400. The number of nitrogens with zero attached hydrogens (tertiary/aromatic N) is 1. The quantitative estimate of drug-likeness (QED) is 0.480. The summed E-state index contributed by atoms with van der Waals surface area (Å²) in [6, 6.07) is 18.4. The monoisotopic (exact) mass is 461 g/mol. The summed E-state index contributed by atoms with van der Waals surface area (Å²) in [5.41, 5.74) is 4.94. The molecule has 0 saturated carbocycles. The van der Waals surface area contributed by atoms with Gasteiger partial charge in [0.15, 0.2) is 5.78 Å². The fourth-order valence-corrected chi connectivity index (χ4v) is 5.78. The van der Waals surface area contributed by atoms with Crippen LogP contribution in [0.25, 0.3) is 0 Å². The van der Waals surface area contributed by atoms with E-state index in [1.54, 1.807) is 43.3 Å². The number of thioether (sulfide) groups is 1. The highest BCUT2D eigenvalue weighted by atomic mass is 32.2.